The minimum atomic E-state index is 0. The average molecular weight is 469 g/mol. The fourth-order valence-corrected chi connectivity index (χ4v) is 3.56. The van der Waals surface area contributed by atoms with Gasteiger partial charge in [-0.15, -0.1) is 28.5 Å². The van der Waals surface area contributed by atoms with Gasteiger partial charge in [0, 0.05) is 25.8 Å². The summed E-state index contributed by atoms with van der Waals surface area (Å²) in [7, 11) is 0. The number of hydrogen-bond acceptors (Lipinski definition) is 0. The number of hydrogen-bond donors (Lipinski definition) is 0. The Morgan fingerprint density at radius 2 is 1.48 bits per heavy atom. The zero-order valence-corrected chi connectivity index (χ0v) is 18.6. The van der Waals surface area contributed by atoms with Crippen LogP contribution in [0, 0.1) is 34.6 Å². The second kappa shape index (κ2) is 7.30. The molecule has 0 spiro atoms. The molecule has 0 fully saturated rings. The van der Waals surface area contributed by atoms with Gasteiger partial charge in [-0.05, 0) is 19.3 Å². The van der Waals surface area contributed by atoms with Crippen LogP contribution in [0.1, 0.15) is 45.4 Å². The van der Waals surface area contributed by atoms with Crippen LogP contribution in [-0.4, -0.2) is 0 Å². The maximum absolute atomic E-state index is 2.40. The molecule has 0 atom stereocenters. The summed E-state index contributed by atoms with van der Waals surface area (Å²) >= 11 is 0. The van der Waals surface area contributed by atoms with Gasteiger partial charge in [-0.25, -0.2) is 0 Å². The van der Waals surface area contributed by atoms with Gasteiger partial charge in [0.15, 0.2) is 0 Å². The molecule has 0 unspecified atom stereocenters. The number of aryl methyl sites for hydroxylation is 5. The number of rotatable bonds is 0. The van der Waals surface area contributed by atoms with Crippen LogP contribution in [0.2, 0.25) is 0 Å². The van der Waals surface area contributed by atoms with Crippen LogP contribution < -0.4 is 0 Å². The first-order chi connectivity index (χ1) is 10.5. The summed E-state index contributed by atoms with van der Waals surface area (Å²) in [5, 5.41) is 2.89. The topological polar surface area (TPSA) is 0 Å². The molecule has 0 radical (unpaired) electrons. The van der Waals surface area contributed by atoms with Crippen LogP contribution in [0.25, 0.3) is 10.8 Å². The van der Waals surface area contributed by atoms with Gasteiger partial charge in [0.05, 0.1) is 0 Å². The van der Waals surface area contributed by atoms with Gasteiger partial charge in [-0.1, -0.05) is 45.7 Å². The quantitative estimate of drug-likeness (QED) is 0.281. The first-order valence-corrected chi connectivity index (χ1v) is 8.35. The standard InChI is InChI=1S/C13H13.C9H13.Hf/c1-9-5-6-12-7-10-3-2-4-11(10)8-13(9)12;1-6-5-7(2)9(4)8(6)3;/h5-8H,2-4H2,1H3;5H,1-4H3;/q2*-1;. The molecule has 0 saturated heterocycles. The molecule has 0 aliphatic heterocycles. The molecular formula is C22H26Hf-2. The Hall–Kier alpha value is -0.950. The number of benzene rings is 1. The SMILES string of the molecule is C[c-]1ccc2cc3c(cc21)CCC3.Cc1[cH-]c(C)c(C)c1C.[Hf]. The molecule has 23 heavy (non-hydrogen) atoms. The second-order valence-electron chi connectivity index (χ2n) is 6.84. The zero-order chi connectivity index (χ0) is 15.9. The molecule has 0 aromatic heterocycles. The maximum Gasteiger partial charge on any atom is 0 e. The molecule has 4 rings (SSSR count). The third-order valence-corrected chi connectivity index (χ3v) is 5.38. The van der Waals surface area contributed by atoms with Crippen molar-refractivity contribution in [2.45, 2.75) is 53.9 Å². The predicted octanol–water partition coefficient (Wildman–Crippen LogP) is 5.99. The Labute approximate surface area is 159 Å². The molecule has 1 aliphatic carbocycles. The van der Waals surface area contributed by atoms with Gasteiger partial charge >= 0.3 is 0 Å². The summed E-state index contributed by atoms with van der Waals surface area (Å²) in [4.78, 5) is 0. The van der Waals surface area contributed by atoms with E-state index >= 15 is 0 Å². The van der Waals surface area contributed by atoms with Crippen molar-refractivity contribution >= 4 is 10.8 Å². The molecular weight excluding hydrogens is 443 g/mol. The van der Waals surface area contributed by atoms with Crippen molar-refractivity contribution < 1.29 is 25.8 Å². The summed E-state index contributed by atoms with van der Waals surface area (Å²) in [5.74, 6) is 0. The van der Waals surface area contributed by atoms with E-state index in [9.17, 15) is 0 Å². The minimum Gasteiger partial charge on any atom is -0.196 e. The van der Waals surface area contributed by atoms with Crippen molar-refractivity contribution in [1.82, 2.24) is 0 Å². The van der Waals surface area contributed by atoms with E-state index in [-0.39, 0.29) is 25.8 Å². The molecule has 3 aromatic rings. The van der Waals surface area contributed by atoms with Crippen molar-refractivity contribution in [3.8, 4) is 0 Å². The third kappa shape index (κ3) is 3.60. The van der Waals surface area contributed by atoms with Crippen molar-refractivity contribution in [2.75, 3.05) is 0 Å². The Morgan fingerprint density at radius 1 is 0.913 bits per heavy atom. The summed E-state index contributed by atoms with van der Waals surface area (Å²) in [6.07, 6.45) is 3.92. The van der Waals surface area contributed by atoms with Gasteiger partial charge < -0.3 is 0 Å². The molecule has 3 aromatic carbocycles. The van der Waals surface area contributed by atoms with E-state index in [0.717, 1.165) is 0 Å². The first kappa shape index (κ1) is 18.4. The van der Waals surface area contributed by atoms with Gasteiger partial charge in [-0.3, -0.25) is 0 Å². The Kier molecular flexibility index (Phi) is 5.84. The fourth-order valence-electron chi connectivity index (χ4n) is 3.56. The molecule has 0 bridgehead atoms. The van der Waals surface area contributed by atoms with Crippen molar-refractivity contribution in [1.29, 1.82) is 0 Å². The third-order valence-electron chi connectivity index (χ3n) is 5.38. The van der Waals surface area contributed by atoms with Crippen LogP contribution in [0.3, 0.4) is 0 Å². The van der Waals surface area contributed by atoms with Gasteiger partial charge in [0.1, 0.15) is 0 Å². The summed E-state index contributed by atoms with van der Waals surface area (Å²) < 4.78 is 0. The van der Waals surface area contributed by atoms with Crippen LogP contribution in [0.15, 0.2) is 30.3 Å². The van der Waals surface area contributed by atoms with Crippen LogP contribution in [0.5, 0.6) is 0 Å². The van der Waals surface area contributed by atoms with Crippen LogP contribution in [0.4, 0.5) is 0 Å². The van der Waals surface area contributed by atoms with E-state index < -0.39 is 0 Å². The summed E-state index contributed by atoms with van der Waals surface area (Å²) in [6, 6.07) is 11.5. The van der Waals surface area contributed by atoms with E-state index in [4.69, 9.17) is 0 Å². The van der Waals surface area contributed by atoms with Crippen LogP contribution in [-0.2, 0) is 38.7 Å². The van der Waals surface area contributed by atoms with E-state index in [0.29, 0.717) is 0 Å². The molecule has 120 valence electrons. The molecule has 0 saturated carbocycles. The minimum absolute atomic E-state index is 0. The zero-order valence-electron chi connectivity index (χ0n) is 15.0. The van der Waals surface area contributed by atoms with Crippen LogP contribution >= 0.6 is 0 Å². The Balaban J connectivity index is 0.000000171. The average Bonchev–Trinajstić information content (AvgIpc) is 3.15. The van der Waals surface area contributed by atoms with Gasteiger partial charge in [0.25, 0.3) is 0 Å². The molecule has 0 amide bonds. The van der Waals surface area contributed by atoms with Crippen molar-refractivity contribution in [2.24, 2.45) is 0 Å². The van der Waals surface area contributed by atoms with Crippen molar-refractivity contribution in [3.63, 3.8) is 0 Å². The molecule has 0 N–H and O–H groups in total. The largest absolute Gasteiger partial charge is 0.196 e. The molecule has 1 aliphatic rings. The Morgan fingerprint density at radius 3 is 2.00 bits per heavy atom. The van der Waals surface area contributed by atoms with Gasteiger partial charge in [-0.2, -0.15) is 40.5 Å². The number of fused-ring (bicyclic) bond motifs is 2. The predicted molar refractivity (Wildman–Crippen MR) is 97.3 cm³/mol. The molecule has 1 heteroatoms. The van der Waals surface area contributed by atoms with Crippen molar-refractivity contribution in [3.05, 3.63) is 69.3 Å². The van der Waals surface area contributed by atoms with E-state index in [2.05, 4.69) is 65.0 Å². The van der Waals surface area contributed by atoms with E-state index in [1.807, 2.05) is 0 Å². The monoisotopic (exact) mass is 470 g/mol. The maximum atomic E-state index is 2.40. The second-order valence-corrected chi connectivity index (χ2v) is 6.84. The van der Waals surface area contributed by atoms with E-state index in [1.165, 1.54) is 57.9 Å². The van der Waals surface area contributed by atoms with Gasteiger partial charge in [0.2, 0.25) is 0 Å². The molecule has 0 heterocycles. The Bertz CT molecular complexity index is 792. The smallest absolute Gasteiger partial charge is 0 e. The summed E-state index contributed by atoms with van der Waals surface area (Å²) in [5.41, 5.74) is 10.3. The fraction of sp³-hybridized carbons (Fsp3) is 0.364. The summed E-state index contributed by atoms with van der Waals surface area (Å²) in [6.45, 7) is 10.9. The normalized spacial score (nSPS) is 12.6. The van der Waals surface area contributed by atoms with E-state index in [1.54, 1.807) is 11.1 Å². The molecule has 0 nitrogen and oxygen atoms in total. The first-order valence-electron chi connectivity index (χ1n) is 8.35.